The second-order valence-electron chi connectivity index (χ2n) is 4.93. The topological polar surface area (TPSA) is 69.6 Å². The zero-order valence-corrected chi connectivity index (χ0v) is 15.0. The quantitative estimate of drug-likeness (QED) is 0.545. The Morgan fingerprint density at radius 2 is 1.88 bits per heavy atom. The van der Waals surface area contributed by atoms with Crippen molar-refractivity contribution in [1.82, 2.24) is 5.32 Å². The van der Waals surface area contributed by atoms with Gasteiger partial charge < -0.3 is 10.4 Å². The van der Waals surface area contributed by atoms with Crippen molar-refractivity contribution in [3.05, 3.63) is 62.2 Å². The summed E-state index contributed by atoms with van der Waals surface area (Å²) in [5.74, 6) is -0.645. The lowest BCUT2D eigenvalue weighted by Gasteiger charge is -2.11. The number of hydrogen-bond acceptors (Lipinski definition) is 3. The van der Waals surface area contributed by atoms with Gasteiger partial charge in [-0.3, -0.25) is 4.79 Å². The number of aromatic hydroxyl groups is 1. The molecule has 2 aromatic carbocycles. The van der Waals surface area contributed by atoms with E-state index in [1.165, 1.54) is 24.3 Å². The summed E-state index contributed by atoms with van der Waals surface area (Å²) in [6.07, 6.45) is 1.36. The number of hydrogen-bond donors (Lipinski definition) is 2. The Kier molecular flexibility index (Phi) is 4.54. The number of phenols is 1. The summed E-state index contributed by atoms with van der Waals surface area (Å²) in [5, 5.41) is 13.3. The van der Waals surface area contributed by atoms with E-state index in [0.717, 1.165) is 4.90 Å². The highest BCUT2D eigenvalue weighted by Crippen LogP contribution is 2.33. The number of rotatable bonds is 2. The minimum absolute atomic E-state index is 0.0180. The lowest BCUT2D eigenvalue weighted by atomic mass is 10.1. The first-order valence-corrected chi connectivity index (χ1v) is 8.22. The lowest BCUT2D eigenvalue weighted by molar-refractivity contribution is -0.113. The van der Waals surface area contributed by atoms with E-state index >= 15 is 0 Å². The van der Waals surface area contributed by atoms with Gasteiger partial charge in [-0.25, -0.2) is 9.69 Å². The number of nitrogens with zero attached hydrogens (tertiary/aromatic N) is 1. The summed E-state index contributed by atoms with van der Waals surface area (Å²) in [4.78, 5) is 25.6. The first-order chi connectivity index (χ1) is 11.4. The minimum atomic E-state index is -0.603. The molecule has 0 saturated carbocycles. The van der Waals surface area contributed by atoms with Crippen LogP contribution in [0.15, 0.2) is 46.6 Å². The molecule has 0 aliphatic carbocycles. The molecule has 0 aromatic heterocycles. The van der Waals surface area contributed by atoms with Crippen molar-refractivity contribution >= 4 is 62.8 Å². The zero-order chi connectivity index (χ0) is 17.4. The van der Waals surface area contributed by atoms with Crippen molar-refractivity contribution < 1.29 is 14.7 Å². The summed E-state index contributed by atoms with van der Waals surface area (Å²) in [6, 6.07) is 8.79. The maximum atomic E-state index is 12.5. The number of carbonyl (C=O) groups is 2. The smallest absolute Gasteiger partial charge is 0.333 e. The average molecular weight is 428 g/mol. The normalized spacial score (nSPS) is 16.0. The number of amides is 3. The Hall–Kier alpha value is -2.02. The molecule has 3 rings (SSSR count). The molecule has 0 atom stereocenters. The number of phenolic OH excluding ortho intramolecular Hbond substituents is 1. The van der Waals surface area contributed by atoms with Crippen LogP contribution in [-0.4, -0.2) is 17.0 Å². The number of halogens is 3. The van der Waals surface area contributed by atoms with Crippen molar-refractivity contribution in [2.24, 2.45) is 0 Å². The van der Waals surface area contributed by atoms with Crippen molar-refractivity contribution in [2.45, 2.75) is 0 Å². The number of imide groups is 1. The Morgan fingerprint density at radius 1 is 1.12 bits per heavy atom. The number of nitrogens with one attached hydrogen (secondary N) is 1. The molecule has 2 aromatic rings. The molecule has 1 fully saturated rings. The summed E-state index contributed by atoms with van der Waals surface area (Å²) >= 11 is 15.0. The first-order valence-electron chi connectivity index (χ1n) is 6.67. The predicted octanol–water partition coefficient (Wildman–Crippen LogP) is 4.56. The summed E-state index contributed by atoms with van der Waals surface area (Å²) in [7, 11) is 0. The molecular weight excluding hydrogens is 419 g/mol. The largest absolute Gasteiger partial charge is 0.506 e. The molecule has 122 valence electrons. The van der Waals surface area contributed by atoms with E-state index < -0.39 is 11.9 Å². The molecule has 0 bridgehead atoms. The lowest BCUT2D eigenvalue weighted by Crippen LogP contribution is -2.30. The predicted molar refractivity (Wildman–Crippen MR) is 96.3 cm³/mol. The van der Waals surface area contributed by atoms with Crippen LogP contribution in [0.3, 0.4) is 0 Å². The highest BCUT2D eigenvalue weighted by Gasteiger charge is 2.35. The van der Waals surface area contributed by atoms with Crippen LogP contribution in [0.4, 0.5) is 10.5 Å². The van der Waals surface area contributed by atoms with Gasteiger partial charge in [-0.1, -0.05) is 29.3 Å². The van der Waals surface area contributed by atoms with E-state index in [-0.39, 0.29) is 11.4 Å². The second-order valence-corrected chi connectivity index (χ2v) is 6.66. The maximum Gasteiger partial charge on any atom is 0.333 e. The molecule has 24 heavy (non-hydrogen) atoms. The van der Waals surface area contributed by atoms with E-state index in [1.54, 1.807) is 18.2 Å². The Labute approximate surface area is 155 Å². The van der Waals surface area contributed by atoms with Gasteiger partial charge in [-0.2, -0.15) is 0 Å². The van der Waals surface area contributed by atoms with Crippen molar-refractivity contribution in [3.63, 3.8) is 0 Å². The molecule has 0 unspecified atom stereocenters. The fourth-order valence-corrected chi connectivity index (χ4v) is 3.25. The molecule has 8 heteroatoms. The van der Waals surface area contributed by atoms with Gasteiger partial charge in [0.2, 0.25) is 0 Å². The second kappa shape index (κ2) is 6.47. The fourth-order valence-electron chi connectivity index (χ4n) is 2.24. The van der Waals surface area contributed by atoms with Crippen molar-refractivity contribution in [1.29, 1.82) is 0 Å². The molecule has 2 N–H and O–H groups in total. The molecule has 1 aliphatic heterocycles. The first kappa shape index (κ1) is 16.8. The molecular formula is C16H9BrCl2N2O3. The Morgan fingerprint density at radius 3 is 2.58 bits per heavy atom. The molecule has 0 spiro atoms. The van der Waals surface area contributed by atoms with Crippen molar-refractivity contribution in [3.8, 4) is 5.75 Å². The molecule has 5 nitrogen and oxygen atoms in total. The molecule has 0 radical (unpaired) electrons. The van der Waals surface area contributed by atoms with Gasteiger partial charge in [-0.05, 0) is 52.3 Å². The minimum Gasteiger partial charge on any atom is -0.506 e. The molecule has 1 saturated heterocycles. The van der Waals surface area contributed by atoms with Gasteiger partial charge in [-0.15, -0.1) is 0 Å². The van der Waals surface area contributed by atoms with Crippen LogP contribution in [0.1, 0.15) is 5.56 Å². The third kappa shape index (κ3) is 3.13. The Bertz CT molecular complexity index is 899. The SMILES string of the molecule is O=C1N/C(=C/c2cc(Cl)cc(Br)c2O)C(=O)N1c1cccc(Cl)c1. The third-order valence-corrected chi connectivity index (χ3v) is 4.36. The molecule has 1 aliphatic rings. The number of urea groups is 1. The van der Waals surface area contributed by atoms with Crippen LogP contribution in [0.5, 0.6) is 5.75 Å². The van der Waals surface area contributed by atoms with Crippen molar-refractivity contribution in [2.75, 3.05) is 4.90 Å². The van der Waals surface area contributed by atoms with E-state index in [2.05, 4.69) is 21.2 Å². The van der Waals surface area contributed by atoms with E-state index in [0.29, 0.717) is 25.8 Å². The van der Waals surface area contributed by atoms with Crippen LogP contribution < -0.4 is 10.2 Å². The highest BCUT2D eigenvalue weighted by molar-refractivity contribution is 9.10. The molecule has 1 heterocycles. The third-order valence-electron chi connectivity index (χ3n) is 3.30. The van der Waals surface area contributed by atoms with Gasteiger partial charge in [0.1, 0.15) is 11.4 Å². The van der Waals surface area contributed by atoms with E-state index in [1.807, 2.05) is 0 Å². The summed E-state index contributed by atoms with van der Waals surface area (Å²) < 4.78 is 0.380. The van der Waals surface area contributed by atoms with Gasteiger partial charge >= 0.3 is 6.03 Å². The van der Waals surface area contributed by atoms with Crippen LogP contribution in [0, 0.1) is 0 Å². The van der Waals surface area contributed by atoms with Crippen LogP contribution in [0.25, 0.3) is 6.08 Å². The standard InChI is InChI=1S/C16H9BrCl2N2O3/c17-12-7-10(19)4-8(14(12)22)5-13-15(23)21(16(24)20-13)11-3-1-2-9(18)6-11/h1-7,22H,(H,20,24)/b13-5+. The van der Waals surface area contributed by atoms with Gasteiger partial charge in [0.15, 0.2) is 0 Å². The van der Waals surface area contributed by atoms with E-state index in [9.17, 15) is 14.7 Å². The van der Waals surface area contributed by atoms with Gasteiger partial charge in [0, 0.05) is 15.6 Å². The van der Waals surface area contributed by atoms with Gasteiger partial charge in [0.25, 0.3) is 5.91 Å². The zero-order valence-electron chi connectivity index (χ0n) is 11.9. The Balaban J connectivity index is 2.00. The van der Waals surface area contributed by atoms with Crippen LogP contribution in [-0.2, 0) is 4.79 Å². The van der Waals surface area contributed by atoms with E-state index in [4.69, 9.17) is 23.2 Å². The van der Waals surface area contributed by atoms with Crippen LogP contribution in [0.2, 0.25) is 10.0 Å². The van der Waals surface area contributed by atoms with Crippen LogP contribution >= 0.6 is 39.1 Å². The summed E-state index contributed by atoms with van der Waals surface area (Å²) in [5.41, 5.74) is 0.667. The number of benzene rings is 2. The maximum absolute atomic E-state index is 12.5. The number of anilines is 1. The monoisotopic (exact) mass is 426 g/mol. The average Bonchev–Trinajstić information content (AvgIpc) is 2.78. The summed E-state index contributed by atoms with van der Waals surface area (Å²) in [6.45, 7) is 0. The van der Waals surface area contributed by atoms with Gasteiger partial charge in [0.05, 0.1) is 10.2 Å². The fraction of sp³-hybridized carbons (Fsp3) is 0. The number of carbonyl (C=O) groups excluding carboxylic acids is 2. The highest BCUT2D eigenvalue weighted by atomic mass is 79.9. The molecule has 3 amide bonds.